The summed E-state index contributed by atoms with van der Waals surface area (Å²) in [7, 11) is 1.77. The smallest absolute Gasteiger partial charge is 0.272 e. The molecule has 0 aliphatic heterocycles. The molecule has 1 heterocycles. The SMILES string of the molecule is CC(NC(=O)c1ccn(C)n1)c1ccc(C#CCO)cc1. The number of hydrogen-bond donors (Lipinski definition) is 2. The van der Waals surface area contributed by atoms with E-state index >= 15 is 0 Å². The van der Waals surface area contributed by atoms with Crippen molar-refractivity contribution in [3.05, 3.63) is 53.3 Å². The van der Waals surface area contributed by atoms with Crippen LogP contribution >= 0.6 is 0 Å². The molecular weight excluding hydrogens is 266 g/mol. The van der Waals surface area contributed by atoms with Crippen molar-refractivity contribution in [2.75, 3.05) is 6.61 Å². The van der Waals surface area contributed by atoms with Gasteiger partial charge in [-0.05, 0) is 30.7 Å². The molecular formula is C16H17N3O2. The van der Waals surface area contributed by atoms with Gasteiger partial charge in [0.1, 0.15) is 12.3 Å². The van der Waals surface area contributed by atoms with Crippen LogP contribution in [0.15, 0.2) is 36.5 Å². The second kappa shape index (κ2) is 6.73. The van der Waals surface area contributed by atoms with Crippen LogP contribution in [0.1, 0.15) is 34.6 Å². The first-order valence-electron chi connectivity index (χ1n) is 6.60. The lowest BCUT2D eigenvalue weighted by molar-refractivity contribution is 0.0934. The fourth-order valence-corrected chi connectivity index (χ4v) is 1.89. The van der Waals surface area contributed by atoms with Gasteiger partial charge >= 0.3 is 0 Å². The molecule has 2 aromatic rings. The third kappa shape index (κ3) is 3.94. The maximum absolute atomic E-state index is 12.0. The monoisotopic (exact) mass is 283 g/mol. The van der Waals surface area contributed by atoms with Gasteiger partial charge in [0, 0.05) is 18.8 Å². The Morgan fingerprint density at radius 2 is 2.10 bits per heavy atom. The van der Waals surface area contributed by atoms with E-state index in [2.05, 4.69) is 22.3 Å². The molecule has 0 spiro atoms. The lowest BCUT2D eigenvalue weighted by atomic mass is 10.1. The molecule has 0 aliphatic rings. The van der Waals surface area contributed by atoms with Crippen LogP contribution in [0.4, 0.5) is 0 Å². The van der Waals surface area contributed by atoms with Gasteiger partial charge in [0.15, 0.2) is 0 Å². The molecule has 1 amide bonds. The number of aromatic nitrogens is 2. The molecule has 1 unspecified atom stereocenters. The molecule has 2 N–H and O–H groups in total. The predicted octanol–water partition coefficient (Wildman–Crippen LogP) is 1.25. The van der Waals surface area contributed by atoms with Crippen LogP contribution in [0.3, 0.4) is 0 Å². The summed E-state index contributed by atoms with van der Waals surface area (Å²) in [6.07, 6.45) is 1.73. The van der Waals surface area contributed by atoms with Crippen molar-refractivity contribution in [1.82, 2.24) is 15.1 Å². The molecule has 0 bridgehead atoms. The summed E-state index contributed by atoms with van der Waals surface area (Å²) in [5.74, 6) is 5.22. The number of hydrogen-bond acceptors (Lipinski definition) is 3. The van der Waals surface area contributed by atoms with E-state index in [9.17, 15) is 4.79 Å². The largest absolute Gasteiger partial charge is 0.384 e. The Morgan fingerprint density at radius 1 is 1.38 bits per heavy atom. The number of aliphatic hydroxyl groups is 1. The quantitative estimate of drug-likeness (QED) is 0.833. The molecule has 0 saturated heterocycles. The van der Waals surface area contributed by atoms with Gasteiger partial charge in [0.05, 0.1) is 6.04 Å². The molecule has 1 aromatic heterocycles. The van der Waals surface area contributed by atoms with Crippen molar-refractivity contribution >= 4 is 5.91 Å². The Kier molecular flexibility index (Phi) is 4.75. The first-order chi connectivity index (χ1) is 10.1. The molecule has 0 aliphatic carbocycles. The van der Waals surface area contributed by atoms with E-state index in [1.807, 2.05) is 31.2 Å². The Labute approximate surface area is 123 Å². The second-order valence-corrected chi connectivity index (χ2v) is 4.65. The summed E-state index contributed by atoms with van der Waals surface area (Å²) >= 11 is 0. The maximum Gasteiger partial charge on any atom is 0.272 e. The van der Waals surface area contributed by atoms with Gasteiger partial charge < -0.3 is 10.4 Å². The number of carbonyl (C=O) groups excluding carboxylic acids is 1. The molecule has 0 radical (unpaired) electrons. The third-order valence-corrected chi connectivity index (χ3v) is 3.02. The molecule has 1 atom stereocenters. The number of amides is 1. The van der Waals surface area contributed by atoms with Gasteiger partial charge in [-0.1, -0.05) is 24.0 Å². The lowest BCUT2D eigenvalue weighted by Gasteiger charge is -2.13. The molecule has 5 nitrogen and oxygen atoms in total. The Bertz CT molecular complexity index is 678. The standard InChI is InChI=1S/C16H17N3O2/c1-12(17-16(21)15-9-10-19(2)18-15)14-7-5-13(6-8-14)4-3-11-20/h5-10,12,20H,11H2,1-2H3,(H,17,21). The fourth-order valence-electron chi connectivity index (χ4n) is 1.89. The minimum Gasteiger partial charge on any atom is -0.384 e. The van der Waals surface area contributed by atoms with Crippen molar-refractivity contribution < 1.29 is 9.90 Å². The van der Waals surface area contributed by atoms with E-state index in [4.69, 9.17) is 5.11 Å². The van der Waals surface area contributed by atoms with Crippen LogP contribution < -0.4 is 5.32 Å². The zero-order valence-electron chi connectivity index (χ0n) is 12.0. The number of rotatable bonds is 3. The highest BCUT2D eigenvalue weighted by atomic mass is 16.2. The number of aliphatic hydroxyl groups excluding tert-OH is 1. The molecule has 1 aromatic carbocycles. The highest BCUT2D eigenvalue weighted by molar-refractivity contribution is 5.92. The summed E-state index contributed by atoms with van der Waals surface area (Å²) in [6.45, 7) is 1.76. The first-order valence-corrected chi connectivity index (χ1v) is 6.60. The third-order valence-electron chi connectivity index (χ3n) is 3.02. The number of aryl methyl sites for hydroxylation is 1. The second-order valence-electron chi connectivity index (χ2n) is 4.65. The zero-order valence-corrected chi connectivity index (χ0v) is 12.0. The van der Waals surface area contributed by atoms with Crippen LogP contribution in [-0.2, 0) is 7.05 Å². The van der Waals surface area contributed by atoms with E-state index in [1.165, 1.54) is 0 Å². The van der Waals surface area contributed by atoms with Crippen LogP contribution in [0.2, 0.25) is 0 Å². The number of nitrogens with one attached hydrogen (secondary N) is 1. The Morgan fingerprint density at radius 3 is 2.67 bits per heavy atom. The zero-order chi connectivity index (χ0) is 15.2. The van der Waals surface area contributed by atoms with Crippen molar-refractivity contribution in [2.24, 2.45) is 7.05 Å². The fraction of sp³-hybridized carbons (Fsp3) is 0.250. The number of benzene rings is 1. The summed E-state index contributed by atoms with van der Waals surface area (Å²) in [6, 6.07) is 9.09. The highest BCUT2D eigenvalue weighted by Gasteiger charge is 2.13. The van der Waals surface area contributed by atoms with Gasteiger partial charge in [-0.3, -0.25) is 9.48 Å². The summed E-state index contributed by atoms with van der Waals surface area (Å²) in [4.78, 5) is 12.0. The molecule has 5 heteroatoms. The molecule has 0 fully saturated rings. The average molecular weight is 283 g/mol. The number of nitrogens with zero attached hydrogens (tertiary/aromatic N) is 2. The predicted molar refractivity (Wildman–Crippen MR) is 79.5 cm³/mol. The molecule has 0 saturated carbocycles. The summed E-state index contributed by atoms with van der Waals surface area (Å²) in [5.41, 5.74) is 2.21. The maximum atomic E-state index is 12.0. The van der Waals surface area contributed by atoms with Gasteiger partial charge in [0.2, 0.25) is 0 Å². The minimum atomic E-state index is -0.202. The van der Waals surface area contributed by atoms with Gasteiger partial charge in [-0.2, -0.15) is 5.10 Å². The van der Waals surface area contributed by atoms with E-state index in [0.717, 1.165) is 11.1 Å². The van der Waals surface area contributed by atoms with E-state index in [-0.39, 0.29) is 18.6 Å². The normalized spacial score (nSPS) is 11.4. The van der Waals surface area contributed by atoms with Crippen molar-refractivity contribution in [2.45, 2.75) is 13.0 Å². The van der Waals surface area contributed by atoms with Gasteiger partial charge in [0.25, 0.3) is 5.91 Å². The van der Waals surface area contributed by atoms with Crippen LogP contribution in [-0.4, -0.2) is 27.4 Å². The topological polar surface area (TPSA) is 67.2 Å². The van der Waals surface area contributed by atoms with Gasteiger partial charge in [-0.25, -0.2) is 0 Å². The first kappa shape index (κ1) is 14.8. The number of carbonyl (C=O) groups is 1. The molecule has 108 valence electrons. The van der Waals surface area contributed by atoms with E-state index < -0.39 is 0 Å². The van der Waals surface area contributed by atoms with Crippen molar-refractivity contribution in [3.8, 4) is 11.8 Å². The van der Waals surface area contributed by atoms with Crippen molar-refractivity contribution in [1.29, 1.82) is 0 Å². The van der Waals surface area contributed by atoms with Crippen LogP contribution in [0.5, 0.6) is 0 Å². The molecule has 2 rings (SSSR count). The Hall–Kier alpha value is -2.58. The Balaban J connectivity index is 2.03. The van der Waals surface area contributed by atoms with E-state index in [1.54, 1.807) is 24.0 Å². The summed E-state index contributed by atoms with van der Waals surface area (Å²) in [5, 5.41) is 15.6. The molecule has 21 heavy (non-hydrogen) atoms. The average Bonchev–Trinajstić information content (AvgIpc) is 2.92. The van der Waals surface area contributed by atoms with Crippen LogP contribution in [0.25, 0.3) is 0 Å². The highest BCUT2D eigenvalue weighted by Crippen LogP contribution is 2.13. The van der Waals surface area contributed by atoms with Crippen LogP contribution in [0, 0.1) is 11.8 Å². The minimum absolute atomic E-state index is 0.126. The van der Waals surface area contributed by atoms with E-state index in [0.29, 0.717) is 5.69 Å². The van der Waals surface area contributed by atoms with Crippen molar-refractivity contribution in [3.63, 3.8) is 0 Å². The summed E-state index contributed by atoms with van der Waals surface area (Å²) < 4.78 is 1.59. The van der Waals surface area contributed by atoms with Gasteiger partial charge in [-0.15, -0.1) is 0 Å². The lowest BCUT2D eigenvalue weighted by Crippen LogP contribution is -2.27.